The zero-order valence-electron chi connectivity index (χ0n) is 16.6. The summed E-state index contributed by atoms with van der Waals surface area (Å²) >= 11 is 6.07. The van der Waals surface area contributed by atoms with E-state index in [4.69, 9.17) is 11.6 Å². The molecule has 0 unspecified atom stereocenters. The highest BCUT2D eigenvalue weighted by molar-refractivity contribution is 6.30. The zero-order valence-corrected chi connectivity index (χ0v) is 17.4. The molecule has 0 radical (unpaired) electrons. The molecular formula is C25H26ClNO. The van der Waals surface area contributed by atoms with Gasteiger partial charge in [0.05, 0.1) is 5.41 Å². The molecule has 1 atom stereocenters. The van der Waals surface area contributed by atoms with Crippen LogP contribution in [0, 0.1) is 0 Å². The standard InChI is InChI=1S/C25H26ClNO/c1-19(27(2)3)18-25(21-10-6-4-7-11-21,22-12-8-5-9-13-22)24(28)20-14-16-23(26)17-15-20/h4-17,19H,18H2,1-3H3/t19-/m0/s1. The summed E-state index contributed by atoms with van der Waals surface area (Å²) in [4.78, 5) is 16.2. The summed E-state index contributed by atoms with van der Waals surface area (Å²) in [6.07, 6.45) is 0.676. The lowest BCUT2D eigenvalue weighted by molar-refractivity contribution is 0.0882. The van der Waals surface area contributed by atoms with E-state index in [1.165, 1.54) is 0 Å². The SMILES string of the molecule is C[C@@H](CC(C(=O)c1ccc(Cl)cc1)(c1ccccc1)c1ccccc1)N(C)C. The Morgan fingerprint density at radius 3 is 1.75 bits per heavy atom. The van der Waals surface area contributed by atoms with Gasteiger partial charge in [-0.3, -0.25) is 4.79 Å². The Bertz CT molecular complexity index is 865. The number of nitrogens with zero attached hydrogens (tertiary/aromatic N) is 1. The van der Waals surface area contributed by atoms with E-state index in [1.54, 1.807) is 12.1 Å². The van der Waals surface area contributed by atoms with Gasteiger partial charge in [0.2, 0.25) is 0 Å². The van der Waals surface area contributed by atoms with Crippen LogP contribution in [0.3, 0.4) is 0 Å². The number of Topliss-reactive ketones (excluding diaryl/α,β-unsaturated/α-hetero) is 1. The lowest BCUT2D eigenvalue weighted by Gasteiger charge is -2.37. The van der Waals surface area contributed by atoms with E-state index in [1.807, 2.05) is 48.5 Å². The lowest BCUT2D eigenvalue weighted by atomic mass is 9.66. The fourth-order valence-corrected chi connectivity index (χ4v) is 3.80. The molecule has 0 bridgehead atoms. The highest BCUT2D eigenvalue weighted by Crippen LogP contribution is 2.40. The average molecular weight is 392 g/mol. The van der Waals surface area contributed by atoms with Crippen LogP contribution in [0.1, 0.15) is 34.8 Å². The summed E-state index contributed by atoms with van der Waals surface area (Å²) in [7, 11) is 4.11. The van der Waals surface area contributed by atoms with Crippen molar-refractivity contribution in [3.63, 3.8) is 0 Å². The van der Waals surface area contributed by atoms with Gasteiger partial charge in [-0.25, -0.2) is 0 Å². The summed E-state index contributed by atoms with van der Waals surface area (Å²) < 4.78 is 0. The van der Waals surface area contributed by atoms with Crippen molar-refractivity contribution in [2.45, 2.75) is 24.8 Å². The third-order valence-corrected chi connectivity index (χ3v) is 5.76. The van der Waals surface area contributed by atoms with Crippen molar-refractivity contribution < 1.29 is 4.79 Å². The highest BCUT2D eigenvalue weighted by atomic mass is 35.5. The molecule has 3 aromatic carbocycles. The summed E-state index contributed by atoms with van der Waals surface area (Å²) in [6, 6.07) is 27.6. The topological polar surface area (TPSA) is 20.3 Å². The van der Waals surface area contributed by atoms with Gasteiger partial charge in [-0.1, -0.05) is 72.3 Å². The number of hydrogen-bond acceptors (Lipinski definition) is 2. The van der Waals surface area contributed by atoms with Crippen LogP contribution in [0.2, 0.25) is 5.02 Å². The maximum atomic E-state index is 14.1. The second-order valence-corrected chi connectivity index (χ2v) is 7.93. The van der Waals surface area contributed by atoms with E-state index in [2.05, 4.69) is 50.2 Å². The average Bonchev–Trinajstić information content (AvgIpc) is 2.73. The van der Waals surface area contributed by atoms with Gasteiger partial charge in [-0.15, -0.1) is 0 Å². The van der Waals surface area contributed by atoms with Crippen molar-refractivity contribution in [3.8, 4) is 0 Å². The van der Waals surface area contributed by atoms with Crippen molar-refractivity contribution in [2.24, 2.45) is 0 Å². The van der Waals surface area contributed by atoms with Crippen LogP contribution in [0.5, 0.6) is 0 Å². The first-order chi connectivity index (χ1) is 13.4. The normalized spacial score (nSPS) is 12.8. The molecule has 3 aromatic rings. The minimum Gasteiger partial charge on any atom is -0.307 e. The number of carbonyl (C=O) groups is 1. The smallest absolute Gasteiger partial charge is 0.177 e. The van der Waals surface area contributed by atoms with E-state index in [9.17, 15) is 4.79 Å². The zero-order chi connectivity index (χ0) is 20.1. The van der Waals surface area contributed by atoms with E-state index in [0.29, 0.717) is 17.0 Å². The molecule has 0 heterocycles. The van der Waals surface area contributed by atoms with Crippen LogP contribution in [-0.4, -0.2) is 30.8 Å². The fraction of sp³-hybridized carbons (Fsp3) is 0.240. The number of hydrogen-bond donors (Lipinski definition) is 0. The van der Waals surface area contributed by atoms with Gasteiger partial charge >= 0.3 is 0 Å². The summed E-state index contributed by atoms with van der Waals surface area (Å²) in [5.74, 6) is 0.0928. The lowest BCUT2D eigenvalue weighted by Crippen LogP contribution is -2.43. The molecule has 0 spiro atoms. The van der Waals surface area contributed by atoms with Gasteiger partial charge < -0.3 is 4.90 Å². The minimum absolute atomic E-state index is 0.0928. The molecule has 0 N–H and O–H groups in total. The van der Waals surface area contributed by atoms with Gasteiger partial charge in [0.1, 0.15) is 0 Å². The van der Waals surface area contributed by atoms with Gasteiger partial charge in [-0.05, 0) is 62.8 Å². The fourth-order valence-electron chi connectivity index (χ4n) is 3.68. The molecule has 0 saturated heterocycles. The number of benzene rings is 3. The maximum Gasteiger partial charge on any atom is 0.177 e. The third kappa shape index (κ3) is 4.04. The van der Waals surface area contributed by atoms with Crippen molar-refractivity contribution in [3.05, 3.63) is 107 Å². The molecule has 3 rings (SSSR count). The van der Waals surface area contributed by atoms with Crippen LogP contribution in [-0.2, 0) is 5.41 Å². The largest absolute Gasteiger partial charge is 0.307 e. The maximum absolute atomic E-state index is 14.1. The van der Waals surface area contributed by atoms with Crippen molar-refractivity contribution in [1.82, 2.24) is 4.90 Å². The van der Waals surface area contributed by atoms with Crippen molar-refractivity contribution in [1.29, 1.82) is 0 Å². The summed E-state index contributed by atoms with van der Waals surface area (Å²) in [5.41, 5.74) is 1.91. The Kier molecular flexibility index (Phi) is 6.33. The number of ketones is 1. The van der Waals surface area contributed by atoms with Crippen molar-refractivity contribution >= 4 is 17.4 Å². The molecular weight excluding hydrogens is 366 g/mol. The Morgan fingerprint density at radius 1 is 0.857 bits per heavy atom. The van der Waals surface area contributed by atoms with Crippen LogP contribution >= 0.6 is 11.6 Å². The first-order valence-electron chi connectivity index (χ1n) is 9.53. The molecule has 0 aliphatic rings. The first-order valence-corrected chi connectivity index (χ1v) is 9.91. The number of carbonyl (C=O) groups excluding carboxylic acids is 1. The van der Waals surface area contributed by atoms with Crippen LogP contribution in [0.4, 0.5) is 0 Å². The van der Waals surface area contributed by atoms with Crippen LogP contribution in [0.15, 0.2) is 84.9 Å². The van der Waals surface area contributed by atoms with Gasteiger partial charge in [0.15, 0.2) is 5.78 Å². The molecule has 28 heavy (non-hydrogen) atoms. The monoisotopic (exact) mass is 391 g/mol. The Morgan fingerprint density at radius 2 is 1.32 bits per heavy atom. The predicted octanol–water partition coefficient (Wildman–Crippen LogP) is 5.85. The van der Waals surface area contributed by atoms with Crippen LogP contribution in [0.25, 0.3) is 0 Å². The highest BCUT2D eigenvalue weighted by Gasteiger charge is 2.43. The first kappa shape index (κ1) is 20.3. The molecule has 2 nitrogen and oxygen atoms in total. The van der Waals surface area contributed by atoms with Gasteiger partial charge in [0, 0.05) is 16.6 Å². The molecule has 0 saturated carbocycles. The van der Waals surface area contributed by atoms with Crippen molar-refractivity contribution in [2.75, 3.05) is 14.1 Å². The Hall–Kier alpha value is -2.42. The van der Waals surface area contributed by atoms with E-state index >= 15 is 0 Å². The molecule has 0 aliphatic carbocycles. The Balaban J connectivity index is 2.26. The summed E-state index contributed by atoms with van der Waals surface area (Å²) in [5, 5.41) is 0.628. The van der Waals surface area contributed by atoms with Crippen LogP contribution < -0.4 is 0 Å². The predicted molar refractivity (Wildman–Crippen MR) is 117 cm³/mol. The minimum atomic E-state index is -0.778. The van der Waals surface area contributed by atoms with E-state index in [-0.39, 0.29) is 11.8 Å². The second kappa shape index (κ2) is 8.72. The van der Waals surface area contributed by atoms with E-state index in [0.717, 1.165) is 11.1 Å². The van der Waals surface area contributed by atoms with Gasteiger partial charge in [-0.2, -0.15) is 0 Å². The molecule has 144 valence electrons. The molecule has 0 amide bonds. The quantitative estimate of drug-likeness (QED) is 0.471. The van der Waals surface area contributed by atoms with E-state index < -0.39 is 5.41 Å². The molecule has 0 aromatic heterocycles. The molecule has 0 fully saturated rings. The number of halogens is 1. The molecule has 0 aliphatic heterocycles. The third-order valence-electron chi connectivity index (χ3n) is 5.51. The molecule has 3 heteroatoms. The van der Waals surface area contributed by atoms with Gasteiger partial charge in [0.25, 0.3) is 0 Å². The summed E-state index contributed by atoms with van der Waals surface area (Å²) in [6.45, 7) is 2.16. The number of rotatable bonds is 7. The Labute approximate surface area is 172 Å². The second-order valence-electron chi connectivity index (χ2n) is 7.49.